The molecule has 3 heteroatoms. The number of hydrogen-bond acceptors (Lipinski definition) is 3. The number of benzene rings is 2. The van der Waals surface area contributed by atoms with Crippen molar-refractivity contribution in [3.63, 3.8) is 0 Å². The summed E-state index contributed by atoms with van der Waals surface area (Å²) < 4.78 is 0. The van der Waals surface area contributed by atoms with Crippen molar-refractivity contribution in [2.75, 3.05) is 0 Å². The number of allylic oxidation sites excluding steroid dienone is 14. The van der Waals surface area contributed by atoms with Crippen LogP contribution in [0.3, 0.4) is 0 Å². The number of hydrogen-bond donors (Lipinski definition) is 0. The maximum Gasteiger partial charge on any atom is 0.0545 e. The molecular formula is C49H47NS2. The molecule has 11 atom stereocenters. The lowest BCUT2D eigenvalue weighted by molar-refractivity contribution is 0.233. The van der Waals surface area contributed by atoms with Gasteiger partial charge in [-0.2, -0.15) is 0 Å². The first-order chi connectivity index (χ1) is 25.8. The summed E-state index contributed by atoms with van der Waals surface area (Å²) in [5, 5.41) is 1.06. The van der Waals surface area contributed by atoms with Gasteiger partial charge in [-0.1, -0.05) is 145 Å². The third-order valence-corrected chi connectivity index (χ3v) is 16.7. The Bertz CT molecular complexity index is 2100. The van der Waals surface area contributed by atoms with Crippen LogP contribution >= 0.6 is 23.5 Å². The smallest absolute Gasteiger partial charge is 0.0545 e. The molecule has 0 aromatic heterocycles. The van der Waals surface area contributed by atoms with Gasteiger partial charge in [0.05, 0.1) is 12.1 Å². The molecule has 1 nitrogen and oxygen atoms in total. The van der Waals surface area contributed by atoms with Gasteiger partial charge in [0.15, 0.2) is 0 Å². The Morgan fingerprint density at radius 2 is 1.54 bits per heavy atom. The van der Waals surface area contributed by atoms with Crippen LogP contribution < -0.4 is 0 Å². The predicted molar refractivity (Wildman–Crippen MR) is 220 cm³/mol. The number of nitrogens with zero attached hydrogens (tertiary/aromatic N) is 1. The molecule has 0 radical (unpaired) electrons. The molecule has 0 saturated carbocycles. The molecule has 9 aliphatic rings. The topological polar surface area (TPSA) is 3.24 Å². The lowest BCUT2D eigenvalue weighted by Crippen LogP contribution is -2.56. The third-order valence-electron chi connectivity index (χ3n) is 13.9. The summed E-state index contributed by atoms with van der Waals surface area (Å²) in [7, 11) is 0. The minimum Gasteiger partial charge on any atom is -0.358 e. The second-order valence-corrected chi connectivity index (χ2v) is 18.8. The Balaban J connectivity index is 1.04. The molecule has 1 fully saturated rings. The monoisotopic (exact) mass is 713 g/mol. The molecule has 0 N–H and O–H groups in total. The van der Waals surface area contributed by atoms with Crippen molar-refractivity contribution in [2.45, 2.75) is 82.2 Å². The molecule has 11 unspecified atom stereocenters. The van der Waals surface area contributed by atoms with Crippen molar-refractivity contribution in [3.8, 4) is 0 Å². The highest BCUT2D eigenvalue weighted by molar-refractivity contribution is 8.00. The molecule has 1 saturated heterocycles. The fraction of sp³-hybridized carbons (Fsp3) is 0.347. The van der Waals surface area contributed by atoms with Gasteiger partial charge in [0.2, 0.25) is 0 Å². The molecule has 3 heterocycles. The van der Waals surface area contributed by atoms with Gasteiger partial charge in [-0.3, -0.25) is 0 Å². The molecule has 1 spiro atoms. The molecule has 52 heavy (non-hydrogen) atoms. The summed E-state index contributed by atoms with van der Waals surface area (Å²) in [6, 6.07) is 18.3. The van der Waals surface area contributed by atoms with Crippen molar-refractivity contribution in [2.24, 2.45) is 29.6 Å². The van der Waals surface area contributed by atoms with Crippen molar-refractivity contribution >= 4 is 23.5 Å². The van der Waals surface area contributed by atoms with Crippen LogP contribution in [0.5, 0.6) is 0 Å². The summed E-state index contributed by atoms with van der Waals surface area (Å²) >= 11 is 4.31. The van der Waals surface area contributed by atoms with Gasteiger partial charge in [-0.05, 0) is 90.8 Å². The molecule has 3 aliphatic heterocycles. The first-order valence-electron chi connectivity index (χ1n) is 19.9. The largest absolute Gasteiger partial charge is 0.358 e. The first kappa shape index (κ1) is 31.8. The van der Waals surface area contributed by atoms with Crippen LogP contribution in [0.1, 0.15) is 61.1 Å². The fourth-order valence-electron chi connectivity index (χ4n) is 11.8. The van der Waals surface area contributed by atoms with Crippen LogP contribution in [0, 0.1) is 29.6 Å². The van der Waals surface area contributed by atoms with E-state index in [2.05, 4.69) is 168 Å². The van der Waals surface area contributed by atoms with Gasteiger partial charge in [0, 0.05) is 55.1 Å². The van der Waals surface area contributed by atoms with E-state index in [1.807, 2.05) is 11.8 Å². The van der Waals surface area contributed by atoms with Crippen molar-refractivity contribution in [1.29, 1.82) is 0 Å². The maximum absolute atomic E-state index is 2.78. The Labute approximate surface area is 318 Å². The zero-order valence-electron chi connectivity index (χ0n) is 29.7. The highest BCUT2D eigenvalue weighted by Gasteiger charge is 2.59. The van der Waals surface area contributed by atoms with Crippen LogP contribution in [0.2, 0.25) is 0 Å². The Kier molecular flexibility index (Phi) is 7.80. The van der Waals surface area contributed by atoms with E-state index in [0.29, 0.717) is 58.1 Å². The third kappa shape index (κ3) is 4.77. The van der Waals surface area contributed by atoms with E-state index in [4.69, 9.17) is 0 Å². The van der Waals surface area contributed by atoms with E-state index in [1.165, 1.54) is 40.3 Å². The van der Waals surface area contributed by atoms with Crippen molar-refractivity contribution in [3.05, 3.63) is 180 Å². The average molecular weight is 714 g/mol. The molecule has 2 aromatic carbocycles. The second-order valence-electron chi connectivity index (χ2n) is 16.3. The van der Waals surface area contributed by atoms with Crippen LogP contribution in [-0.4, -0.2) is 27.5 Å². The molecule has 11 rings (SSSR count). The summed E-state index contributed by atoms with van der Waals surface area (Å²) in [4.78, 5) is 5.73. The number of thioether (sulfide) groups is 1. The molecular weight excluding hydrogens is 667 g/mol. The first-order valence-corrected chi connectivity index (χ1v) is 21.7. The van der Waals surface area contributed by atoms with E-state index < -0.39 is 0 Å². The standard InChI is InChI=1S/C49H47NS2/c1-3-14-32(15-4-1)33-26-28-40-46(30-33)51-44-24-11-8-20-38(44)49(40)39-21-9-12-25-45(39)52-47-31-34(27-29-41(47)49)36-19-13-23-43-48(36)37-18-7-10-22-42(37)50(43)35-16-5-2-6-17-35/h1-6,8-14,16,20-29,31-33,35-38,40,42,44,46H,7,15,17-19,30H2. The average Bonchev–Trinajstić information content (AvgIpc) is 3.56. The predicted octanol–water partition coefficient (Wildman–Crippen LogP) is 11.8. The van der Waals surface area contributed by atoms with Crippen LogP contribution in [0.4, 0.5) is 0 Å². The summed E-state index contributed by atoms with van der Waals surface area (Å²) in [6.07, 6.45) is 50.7. The van der Waals surface area contributed by atoms with Gasteiger partial charge < -0.3 is 4.90 Å². The van der Waals surface area contributed by atoms with Gasteiger partial charge in [0.1, 0.15) is 0 Å². The van der Waals surface area contributed by atoms with Gasteiger partial charge >= 0.3 is 0 Å². The number of rotatable bonds is 3. The zero-order chi connectivity index (χ0) is 34.2. The van der Waals surface area contributed by atoms with Gasteiger partial charge in [0.25, 0.3) is 0 Å². The van der Waals surface area contributed by atoms with E-state index >= 15 is 0 Å². The molecule has 0 bridgehead atoms. The number of fused-ring (bicyclic) bond motifs is 10. The quantitative estimate of drug-likeness (QED) is 0.292. The summed E-state index contributed by atoms with van der Waals surface area (Å²) in [5.74, 6) is 3.10. The molecule has 6 aliphatic carbocycles. The Hall–Kier alpha value is -3.66. The van der Waals surface area contributed by atoms with Crippen molar-refractivity contribution in [1.82, 2.24) is 4.90 Å². The van der Waals surface area contributed by atoms with Gasteiger partial charge in [-0.25, -0.2) is 0 Å². The highest BCUT2D eigenvalue weighted by atomic mass is 32.2. The van der Waals surface area contributed by atoms with E-state index in [0.717, 1.165) is 19.3 Å². The van der Waals surface area contributed by atoms with E-state index in [1.54, 1.807) is 16.7 Å². The van der Waals surface area contributed by atoms with Crippen LogP contribution in [0.25, 0.3) is 0 Å². The summed E-state index contributed by atoms with van der Waals surface area (Å²) in [6.45, 7) is 0. The fourth-order valence-corrected chi connectivity index (χ4v) is 14.9. The minimum absolute atomic E-state index is 0.0948. The Morgan fingerprint density at radius 3 is 2.44 bits per heavy atom. The highest BCUT2D eigenvalue weighted by Crippen LogP contribution is 2.65. The summed E-state index contributed by atoms with van der Waals surface area (Å²) in [5.41, 5.74) is 7.76. The maximum atomic E-state index is 2.78. The van der Waals surface area contributed by atoms with E-state index in [-0.39, 0.29) is 5.41 Å². The lowest BCUT2D eigenvalue weighted by atomic mass is 9.54. The lowest BCUT2D eigenvalue weighted by Gasteiger charge is -2.58. The van der Waals surface area contributed by atoms with Crippen LogP contribution in [-0.2, 0) is 5.41 Å². The molecule has 260 valence electrons. The molecule has 0 amide bonds. The minimum atomic E-state index is -0.0948. The second kappa shape index (κ2) is 12.7. The van der Waals surface area contributed by atoms with Crippen molar-refractivity contribution < 1.29 is 0 Å². The Morgan fingerprint density at radius 1 is 0.673 bits per heavy atom. The van der Waals surface area contributed by atoms with Crippen LogP contribution in [0.15, 0.2) is 173 Å². The van der Waals surface area contributed by atoms with E-state index in [9.17, 15) is 0 Å². The normalized spacial score (nSPS) is 38.6. The SMILES string of the molecule is C1=CCC(C2C=CC3C(C2)SC2C=CC=CC2C32c3ccccc3Sc3cc(C4CC=CC5=C4C4CCC=CC4N5C4C=CC=CC4)ccc32)C=C1. The van der Waals surface area contributed by atoms with Gasteiger partial charge in [-0.15, -0.1) is 11.8 Å². The molecule has 2 aromatic rings. The zero-order valence-corrected chi connectivity index (χ0v) is 31.3.